The molecule has 8 heteroatoms. The van der Waals surface area contributed by atoms with Crippen molar-refractivity contribution in [3.63, 3.8) is 0 Å². The number of rotatable bonds is 11. The van der Waals surface area contributed by atoms with E-state index in [1.54, 1.807) is 14.2 Å². The molecule has 2 aromatic carbocycles. The second-order valence-electron chi connectivity index (χ2n) is 7.56. The molecule has 0 bridgehead atoms. The number of hydrogen-bond donors (Lipinski definition) is 0. The van der Waals surface area contributed by atoms with Crippen molar-refractivity contribution in [1.29, 1.82) is 0 Å². The number of nitrogens with zero attached hydrogens (tertiary/aromatic N) is 6. The Bertz CT molecular complexity index is 1010. The molecule has 0 saturated heterocycles. The van der Waals surface area contributed by atoms with Crippen LogP contribution in [0, 0.1) is 0 Å². The monoisotopic (exact) mass is 432 g/mol. The smallest absolute Gasteiger partial charge is 0.118 e. The van der Waals surface area contributed by atoms with Gasteiger partial charge in [0.1, 0.15) is 11.5 Å². The van der Waals surface area contributed by atoms with Crippen LogP contribution in [0.25, 0.3) is 22.5 Å². The van der Waals surface area contributed by atoms with Crippen molar-refractivity contribution in [2.45, 2.75) is 38.8 Å². The molecule has 0 saturated carbocycles. The summed E-state index contributed by atoms with van der Waals surface area (Å²) in [6.45, 7) is 1.70. The van der Waals surface area contributed by atoms with Gasteiger partial charge in [-0.3, -0.25) is 0 Å². The number of aryl methyl sites for hydroxylation is 2. The highest BCUT2D eigenvalue weighted by Gasteiger charge is 2.08. The van der Waals surface area contributed by atoms with Gasteiger partial charge in [0.05, 0.1) is 38.0 Å². The maximum absolute atomic E-state index is 5.23. The second kappa shape index (κ2) is 10.6. The first kappa shape index (κ1) is 21.5. The minimum absolute atomic E-state index is 0.843. The lowest BCUT2D eigenvalue weighted by atomic mass is 10.1. The predicted octanol–water partition coefficient (Wildman–Crippen LogP) is 4.48. The van der Waals surface area contributed by atoms with E-state index in [-0.39, 0.29) is 0 Å². The molecule has 0 aliphatic carbocycles. The van der Waals surface area contributed by atoms with E-state index < -0.39 is 0 Å². The Morgan fingerprint density at radius 3 is 1.38 bits per heavy atom. The van der Waals surface area contributed by atoms with Crippen LogP contribution in [0.5, 0.6) is 11.5 Å². The van der Waals surface area contributed by atoms with Crippen molar-refractivity contribution in [2.75, 3.05) is 14.2 Å². The molecule has 0 spiro atoms. The standard InChI is InChI=1S/C24H28N6O2/c1-31-21-11-7-19(8-12-21)23-17-25-27-29(23)15-5-3-4-6-16-30-24(18-26-28-30)20-9-13-22(32-2)14-10-20/h7-14,17-18H,3-6,15-16H2,1-2H3. The van der Waals surface area contributed by atoms with Crippen LogP contribution in [0.4, 0.5) is 0 Å². The van der Waals surface area contributed by atoms with Crippen LogP contribution in [-0.2, 0) is 13.1 Å². The number of benzene rings is 2. The summed E-state index contributed by atoms with van der Waals surface area (Å²) in [7, 11) is 3.34. The SMILES string of the molecule is COc1ccc(-c2cnnn2CCCCCCn2nncc2-c2ccc(OC)cc2)cc1. The Kier molecular flexibility index (Phi) is 7.12. The molecule has 0 fully saturated rings. The molecule has 0 amide bonds. The Balaban J connectivity index is 1.24. The summed E-state index contributed by atoms with van der Waals surface area (Å²) in [5.74, 6) is 1.69. The van der Waals surface area contributed by atoms with Crippen LogP contribution in [0.1, 0.15) is 25.7 Å². The molecule has 0 aliphatic heterocycles. The highest BCUT2D eigenvalue weighted by atomic mass is 16.5. The summed E-state index contributed by atoms with van der Waals surface area (Å²) in [5.41, 5.74) is 4.24. The lowest BCUT2D eigenvalue weighted by molar-refractivity contribution is 0.414. The van der Waals surface area contributed by atoms with Gasteiger partial charge in [0.2, 0.25) is 0 Å². The normalized spacial score (nSPS) is 10.9. The summed E-state index contributed by atoms with van der Waals surface area (Å²) < 4.78 is 14.4. The van der Waals surface area contributed by atoms with Crippen molar-refractivity contribution in [3.05, 3.63) is 60.9 Å². The summed E-state index contributed by atoms with van der Waals surface area (Å²) in [6.07, 6.45) is 7.97. The Hall–Kier alpha value is -3.68. The minimum atomic E-state index is 0.843. The highest BCUT2D eigenvalue weighted by molar-refractivity contribution is 5.60. The quantitative estimate of drug-likeness (QED) is 0.325. The minimum Gasteiger partial charge on any atom is -0.497 e. The topological polar surface area (TPSA) is 79.9 Å². The van der Waals surface area contributed by atoms with Gasteiger partial charge in [-0.25, -0.2) is 9.36 Å². The molecular formula is C24H28N6O2. The molecule has 2 heterocycles. The third kappa shape index (κ3) is 5.14. The summed E-state index contributed by atoms with van der Waals surface area (Å²) in [6, 6.07) is 16.0. The number of methoxy groups -OCH3 is 2. The van der Waals surface area contributed by atoms with Gasteiger partial charge in [-0.05, 0) is 61.4 Å². The van der Waals surface area contributed by atoms with Gasteiger partial charge >= 0.3 is 0 Å². The first-order valence-corrected chi connectivity index (χ1v) is 10.8. The molecule has 4 rings (SSSR count). The van der Waals surface area contributed by atoms with Gasteiger partial charge in [0.15, 0.2) is 0 Å². The molecule has 0 unspecified atom stereocenters. The zero-order valence-corrected chi connectivity index (χ0v) is 18.5. The van der Waals surface area contributed by atoms with Crippen LogP contribution in [0.15, 0.2) is 60.9 Å². The van der Waals surface area contributed by atoms with E-state index in [9.17, 15) is 0 Å². The number of aromatic nitrogens is 6. The van der Waals surface area contributed by atoms with Gasteiger partial charge in [0, 0.05) is 24.2 Å². The maximum Gasteiger partial charge on any atom is 0.118 e. The van der Waals surface area contributed by atoms with Crippen molar-refractivity contribution < 1.29 is 9.47 Å². The average molecular weight is 433 g/mol. The maximum atomic E-state index is 5.23. The van der Waals surface area contributed by atoms with Gasteiger partial charge in [-0.1, -0.05) is 23.3 Å². The zero-order valence-electron chi connectivity index (χ0n) is 18.5. The van der Waals surface area contributed by atoms with E-state index >= 15 is 0 Å². The van der Waals surface area contributed by atoms with Gasteiger partial charge in [0.25, 0.3) is 0 Å². The van der Waals surface area contributed by atoms with Gasteiger partial charge in [-0.2, -0.15) is 0 Å². The Morgan fingerprint density at radius 2 is 1.00 bits per heavy atom. The third-order valence-corrected chi connectivity index (χ3v) is 5.50. The molecule has 0 aliphatic rings. The van der Waals surface area contributed by atoms with Crippen LogP contribution in [0.2, 0.25) is 0 Å². The Labute approximate surface area is 187 Å². The number of ether oxygens (including phenoxy) is 2. The molecule has 0 atom stereocenters. The molecule has 8 nitrogen and oxygen atoms in total. The third-order valence-electron chi connectivity index (χ3n) is 5.50. The molecule has 4 aromatic rings. The van der Waals surface area contributed by atoms with Crippen LogP contribution < -0.4 is 9.47 Å². The summed E-state index contributed by atoms with van der Waals surface area (Å²) in [5, 5.41) is 16.7. The number of unbranched alkanes of at least 4 members (excludes halogenated alkanes) is 3. The first-order chi connectivity index (χ1) is 15.8. The molecular weight excluding hydrogens is 404 g/mol. The van der Waals surface area contributed by atoms with Crippen LogP contribution in [-0.4, -0.2) is 44.2 Å². The van der Waals surface area contributed by atoms with Crippen molar-refractivity contribution in [1.82, 2.24) is 30.0 Å². The lowest BCUT2D eigenvalue weighted by Crippen LogP contribution is -2.04. The van der Waals surface area contributed by atoms with E-state index in [0.717, 1.165) is 72.8 Å². The molecule has 0 radical (unpaired) electrons. The fourth-order valence-electron chi connectivity index (χ4n) is 3.69. The molecule has 32 heavy (non-hydrogen) atoms. The van der Waals surface area contributed by atoms with Crippen LogP contribution >= 0.6 is 0 Å². The summed E-state index contributed by atoms with van der Waals surface area (Å²) in [4.78, 5) is 0. The van der Waals surface area contributed by atoms with E-state index in [4.69, 9.17) is 9.47 Å². The first-order valence-electron chi connectivity index (χ1n) is 10.8. The van der Waals surface area contributed by atoms with E-state index in [2.05, 4.69) is 20.6 Å². The van der Waals surface area contributed by atoms with Crippen molar-refractivity contribution in [3.8, 4) is 34.0 Å². The lowest BCUT2D eigenvalue weighted by Gasteiger charge is -2.08. The van der Waals surface area contributed by atoms with E-state index in [1.807, 2.05) is 70.3 Å². The van der Waals surface area contributed by atoms with Crippen molar-refractivity contribution in [2.24, 2.45) is 0 Å². The Morgan fingerprint density at radius 1 is 0.594 bits per heavy atom. The fourth-order valence-corrected chi connectivity index (χ4v) is 3.69. The fraction of sp³-hybridized carbons (Fsp3) is 0.333. The largest absolute Gasteiger partial charge is 0.497 e. The summed E-state index contributed by atoms with van der Waals surface area (Å²) >= 11 is 0. The highest BCUT2D eigenvalue weighted by Crippen LogP contribution is 2.23. The predicted molar refractivity (Wildman–Crippen MR) is 122 cm³/mol. The average Bonchev–Trinajstić information content (AvgIpc) is 3.51. The molecule has 0 N–H and O–H groups in total. The second-order valence-corrected chi connectivity index (χ2v) is 7.56. The van der Waals surface area contributed by atoms with Gasteiger partial charge in [-0.15, -0.1) is 10.2 Å². The van der Waals surface area contributed by atoms with E-state index in [0.29, 0.717) is 0 Å². The zero-order chi connectivity index (χ0) is 22.2. The van der Waals surface area contributed by atoms with Crippen molar-refractivity contribution >= 4 is 0 Å². The number of hydrogen-bond acceptors (Lipinski definition) is 6. The van der Waals surface area contributed by atoms with Crippen LogP contribution in [0.3, 0.4) is 0 Å². The molecule has 166 valence electrons. The molecule has 2 aromatic heterocycles. The van der Waals surface area contributed by atoms with Gasteiger partial charge < -0.3 is 9.47 Å². The van der Waals surface area contributed by atoms with E-state index in [1.165, 1.54) is 0 Å².